The zero-order valence-electron chi connectivity index (χ0n) is 16.2. The third-order valence-electron chi connectivity index (χ3n) is 4.13. The Labute approximate surface area is 187 Å². The second-order valence-electron chi connectivity index (χ2n) is 6.29. The van der Waals surface area contributed by atoms with Gasteiger partial charge in [0.25, 0.3) is 5.91 Å². The van der Waals surface area contributed by atoms with E-state index in [2.05, 4.69) is 20.8 Å². The number of thiazole rings is 1. The van der Waals surface area contributed by atoms with Crippen LogP contribution in [0.5, 0.6) is 0 Å². The second kappa shape index (κ2) is 9.88. The van der Waals surface area contributed by atoms with Crippen molar-refractivity contribution in [1.82, 2.24) is 4.98 Å². The van der Waals surface area contributed by atoms with E-state index in [9.17, 15) is 4.79 Å². The lowest BCUT2D eigenvalue weighted by Gasteiger charge is -2.03. The first kappa shape index (κ1) is 20.6. The molecule has 2 aromatic heterocycles. The molecular weight excluding hydrogens is 432 g/mol. The van der Waals surface area contributed by atoms with Gasteiger partial charge in [0.15, 0.2) is 5.76 Å². The SMILES string of the molecule is O=C(Nc1sc(N/N=C\C=C\c2ccccc2)nc1-c1ccc(Cl)cc1)c1ccco1. The molecule has 0 aliphatic carbocycles. The van der Waals surface area contributed by atoms with Crippen LogP contribution in [0, 0.1) is 0 Å². The Bertz CT molecular complexity index is 1200. The summed E-state index contributed by atoms with van der Waals surface area (Å²) in [5, 5.41) is 8.76. The number of halogens is 1. The molecule has 0 fully saturated rings. The van der Waals surface area contributed by atoms with Gasteiger partial charge < -0.3 is 9.73 Å². The number of hydrazone groups is 1. The van der Waals surface area contributed by atoms with Crippen LogP contribution in [0.15, 0.2) is 88.6 Å². The zero-order valence-corrected chi connectivity index (χ0v) is 17.7. The second-order valence-corrected chi connectivity index (χ2v) is 7.73. The molecule has 8 heteroatoms. The Hall–Kier alpha value is -3.68. The minimum atomic E-state index is -0.357. The molecule has 0 saturated carbocycles. The summed E-state index contributed by atoms with van der Waals surface area (Å²) >= 11 is 7.27. The number of amides is 1. The molecule has 0 aliphatic rings. The third kappa shape index (κ3) is 5.48. The molecule has 2 aromatic carbocycles. The molecule has 154 valence electrons. The van der Waals surface area contributed by atoms with Crippen molar-refractivity contribution >= 4 is 51.3 Å². The quantitative estimate of drug-likeness (QED) is 0.252. The van der Waals surface area contributed by atoms with Crippen molar-refractivity contribution in [2.45, 2.75) is 0 Å². The molecule has 0 unspecified atom stereocenters. The fourth-order valence-corrected chi connectivity index (χ4v) is 3.64. The number of benzene rings is 2. The van der Waals surface area contributed by atoms with Crippen LogP contribution >= 0.6 is 22.9 Å². The number of rotatable bonds is 7. The fourth-order valence-electron chi connectivity index (χ4n) is 2.68. The van der Waals surface area contributed by atoms with Crippen LogP contribution < -0.4 is 10.7 Å². The monoisotopic (exact) mass is 448 g/mol. The van der Waals surface area contributed by atoms with Crippen LogP contribution in [-0.2, 0) is 0 Å². The van der Waals surface area contributed by atoms with Crippen LogP contribution in [0.25, 0.3) is 17.3 Å². The third-order valence-corrected chi connectivity index (χ3v) is 5.25. The minimum absolute atomic E-state index is 0.217. The summed E-state index contributed by atoms with van der Waals surface area (Å²) in [6.07, 6.45) is 6.86. The molecule has 31 heavy (non-hydrogen) atoms. The normalized spacial score (nSPS) is 11.3. The van der Waals surface area contributed by atoms with Crippen LogP contribution in [-0.4, -0.2) is 17.1 Å². The van der Waals surface area contributed by atoms with E-state index in [1.54, 1.807) is 30.5 Å². The highest BCUT2D eigenvalue weighted by Gasteiger charge is 2.17. The maximum absolute atomic E-state index is 12.4. The Balaban J connectivity index is 1.52. The van der Waals surface area contributed by atoms with E-state index >= 15 is 0 Å². The van der Waals surface area contributed by atoms with E-state index in [4.69, 9.17) is 16.0 Å². The number of nitrogens with one attached hydrogen (secondary N) is 2. The molecule has 2 heterocycles. The molecule has 0 spiro atoms. The average molecular weight is 449 g/mol. The van der Waals surface area contributed by atoms with E-state index < -0.39 is 0 Å². The number of furan rings is 1. The van der Waals surface area contributed by atoms with Gasteiger partial charge in [0.1, 0.15) is 10.7 Å². The predicted octanol–water partition coefficient (Wildman–Crippen LogP) is 6.42. The van der Waals surface area contributed by atoms with Gasteiger partial charge in [-0.15, -0.1) is 0 Å². The Morgan fingerprint density at radius 2 is 1.87 bits per heavy atom. The van der Waals surface area contributed by atoms with Crippen LogP contribution in [0.2, 0.25) is 5.02 Å². The van der Waals surface area contributed by atoms with Crippen molar-refractivity contribution < 1.29 is 9.21 Å². The van der Waals surface area contributed by atoms with E-state index in [1.165, 1.54) is 17.6 Å². The Kier molecular flexibility index (Phi) is 6.56. The highest BCUT2D eigenvalue weighted by Crippen LogP contribution is 2.36. The lowest BCUT2D eigenvalue weighted by atomic mass is 10.1. The first-order valence-corrected chi connectivity index (χ1v) is 10.5. The van der Waals surface area contributed by atoms with Gasteiger partial charge in [-0.1, -0.05) is 71.5 Å². The minimum Gasteiger partial charge on any atom is -0.459 e. The maximum atomic E-state index is 12.4. The lowest BCUT2D eigenvalue weighted by Crippen LogP contribution is -2.10. The number of allylic oxidation sites excluding steroid dienone is 1. The van der Waals surface area contributed by atoms with Crippen LogP contribution in [0.4, 0.5) is 10.1 Å². The summed E-state index contributed by atoms with van der Waals surface area (Å²) in [5.41, 5.74) is 5.41. The number of carbonyl (C=O) groups is 1. The molecular formula is C23H17ClN4O2S. The van der Waals surface area contributed by atoms with Gasteiger partial charge in [0.2, 0.25) is 5.13 Å². The van der Waals surface area contributed by atoms with E-state index in [0.717, 1.165) is 11.1 Å². The van der Waals surface area contributed by atoms with Crippen LogP contribution in [0.3, 0.4) is 0 Å². The fraction of sp³-hybridized carbons (Fsp3) is 0. The molecule has 4 aromatic rings. The summed E-state index contributed by atoms with van der Waals surface area (Å²) in [7, 11) is 0. The number of carbonyl (C=O) groups excluding carboxylic acids is 1. The van der Waals surface area contributed by atoms with Crippen molar-refractivity contribution in [3.8, 4) is 11.3 Å². The zero-order chi connectivity index (χ0) is 21.5. The van der Waals surface area contributed by atoms with Gasteiger partial charge in [-0.2, -0.15) is 5.10 Å². The highest BCUT2D eigenvalue weighted by atomic mass is 35.5. The van der Waals surface area contributed by atoms with Gasteiger partial charge in [0, 0.05) is 16.8 Å². The van der Waals surface area contributed by atoms with Crippen molar-refractivity contribution in [2.75, 3.05) is 10.7 Å². The molecule has 0 atom stereocenters. The van der Waals surface area contributed by atoms with Crippen molar-refractivity contribution in [3.63, 3.8) is 0 Å². The smallest absolute Gasteiger partial charge is 0.292 e. The summed E-state index contributed by atoms with van der Waals surface area (Å²) in [6.45, 7) is 0. The number of hydrogen-bond acceptors (Lipinski definition) is 6. The lowest BCUT2D eigenvalue weighted by molar-refractivity contribution is 0.0997. The van der Waals surface area contributed by atoms with E-state index in [0.29, 0.717) is 20.8 Å². The maximum Gasteiger partial charge on any atom is 0.292 e. The number of anilines is 2. The van der Waals surface area contributed by atoms with Gasteiger partial charge in [-0.3, -0.25) is 10.2 Å². The topological polar surface area (TPSA) is 79.5 Å². The van der Waals surface area contributed by atoms with E-state index in [1.807, 2.05) is 54.6 Å². The summed E-state index contributed by atoms with van der Waals surface area (Å²) in [6, 6.07) is 20.4. The van der Waals surface area contributed by atoms with Crippen molar-refractivity contribution in [3.05, 3.63) is 95.4 Å². The predicted molar refractivity (Wildman–Crippen MR) is 127 cm³/mol. The molecule has 0 bridgehead atoms. The molecule has 0 aliphatic heterocycles. The molecule has 2 N–H and O–H groups in total. The summed E-state index contributed by atoms with van der Waals surface area (Å²) in [5.74, 6) is -0.140. The van der Waals surface area contributed by atoms with E-state index in [-0.39, 0.29) is 11.7 Å². The molecule has 1 amide bonds. The molecule has 0 saturated heterocycles. The first-order valence-electron chi connectivity index (χ1n) is 9.31. The number of aromatic nitrogens is 1. The summed E-state index contributed by atoms with van der Waals surface area (Å²) < 4.78 is 5.17. The number of nitrogens with zero attached hydrogens (tertiary/aromatic N) is 2. The summed E-state index contributed by atoms with van der Waals surface area (Å²) in [4.78, 5) is 17.0. The van der Waals surface area contributed by atoms with Gasteiger partial charge in [-0.05, 0) is 35.9 Å². The molecule has 6 nitrogen and oxygen atoms in total. The first-order chi connectivity index (χ1) is 15.2. The van der Waals surface area contributed by atoms with Gasteiger partial charge in [-0.25, -0.2) is 4.98 Å². The van der Waals surface area contributed by atoms with Crippen molar-refractivity contribution in [1.29, 1.82) is 0 Å². The molecule has 0 radical (unpaired) electrons. The van der Waals surface area contributed by atoms with Gasteiger partial charge >= 0.3 is 0 Å². The highest BCUT2D eigenvalue weighted by molar-refractivity contribution is 7.20. The standard InChI is InChI=1S/C23H17ClN4O2S/c24-18-12-10-17(11-13-18)20-22(27-21(29)19-9-5-15-30-19)31-23(26-20)28-25-14-4-8-16-6-2-1-3-7-16/h1-15H,(H,26,28)(H,27,29)/b8-4+,25-14-. The average Bonchev–Trinajstić information content (AvgIpc) is 3.45. The largest absolute Gasteiger partial charge is 0.459 e. The molecule has 4 rings (SSSR count). The Morgan fingerprint density at radius 1 is 1.06 bits per heavy atom. The Morgan fingerprint density at radius 3 is 2.61 bits per heavy atom. The number of hydrogen-bond donors (Lipinski definition) is 2. The van der Waals surface area contributed by atoms with Gasteiger partial charge in [0.05, 0.1) is 6.26 Å². The van der Waals surface area contributed by atoms with Crippen molar-refractivity contribution in [2.24, 2.45) is 5.10 Å². The van der Waals surface area contributed by atoms with Crippen LogP contribution in [0.1, 0.15) is 16.1 Å².